The van der Waals surface area contributed by atoms with Crippen LogP contribution in [0.15, 0.2) is 69.7 Å². The maximum absolute atomic E-state index is 12.9. The van der Waals surface area contributed by atoms with Gasteiger partial charge in [0.15, 0.2) is 0 Å². The molecule has 1 amide bonds. The second-order valence-corrected chi connectivity index (χ2v) is 7.64. The fourth-order valence-electron chi connectivity index (χ4n) is 3.34. The largest absolute Gasteiger partial charge is 0.467 e. The highest BCUT2D eigenvalue weighted by Gasteiger charge is 2.36. The third kappa shape index (κ3) is 4.45. The van der Waals surface area contributed by atoms with Gasteiger partial charge >= 0.3 is 0 Å². The van der Waals surface area contributed by atoms with Crippen LogP contribution in [0.2, 0.25) is 0 Å². The lowest BCUT2D eigenvalue weighted by Crippen LogP contribution is -2.28. The standard InChI is InChI=1S/C24H25NO3/c1-17-5-7-19(8-6-17)9-12-24(26)25(15-20-4-3-13-27-20)16-21-10-11-23(28-21)22-14-18(22)2/h3-13,18,22H,14-16H2,1-2H3/b12-9+. The van der Waals surface area contributed by atoms with E-state index in [0.717, 1.165) is 22.8 Å². The van der Waals surface area contributed by atoms with E-state index in [-0.39, 0.29) is 5.91 Å². The minimum atomic E-state index is -0.0743. The van der Waals surface area contributed by atoms with E-state index in [1.807, 2.05) is 61.5 Å². The van der Waals surface area contributed by atoms with Crippen LogP contribution in [0.3, 0.4) is 0 Å². The smallest absolute Gasteiger partial charge is 0.247 e. The molecule has 2 aromatic heterocycles. The van der Waals surface area contributed by atoms with E-state index in [4.69, 9.17) is 8.83 Å². The monoisotopic (exact) mass is 375 g/mol. The summed E-state index contributed by atoms with van der Waals surface area (Å²) in [7, 11) is 0. The second-order valence-electron chi connectivity index (χ2n) is 7.64. The minimum Gasteiger partial charge on any atom is -0.467 e. The number of hydrogen-bond acceptors (Lipinski definition) is 3. The maximum atomic E-state index is 12.9. The van der Waals surface area contributed by atoms with E-state index in [1.54, 1.807) is 17.2 Å². The Morgan fingerprint density at radius 2 is 1.86 bits per heavy atom. The zero-order chi connectivity index (χ0) is 19.5. The van der Waals surface area contributed by atoms with Gasteiger partial charge in [-0.05, 0) is 55.2 Å². The van der Waals surface area contributed by atoms with E-state index < -0.39 is 0 Å². The van der Waals surface area contributed by atoms with Crippen LogP contribution in [0.5, 0.6) is 0 Å². The number of hydrogen-bond donors (Lipinski definition) is 0. The zero-order valence-electron chi connectivity index (χ0n) is 16.3. The third-order valence-electron chi connectivity index (χ3n) is 5.24. The Hall–Kier alpha value is -3.01. The average molecular weight is 375 g/mol. The molecular formula is C24H25NO3. The first-order valence-corrected chi connectivity index (χ1v) is 9.73. The van der Waals surface area contributed by atoms with Gasteiger partial charge < -0.3 is 13.7 Å². The van der Waals surface area contributed by atoms with E-state index in [2.05, 4.69) is 6.92 Å². The SMILES string of the molecule is Cc1ccc(/C=C/C(=O)N(Cc2ccco2)Cc2ccc(C3CC3C)o2)cc1. The van der Waals surface area contributed by atoms with Crippen molar-refractivity contribution in [1.29, 1.82) is 0 Å². The Kier molecular flexibility index (Phi) is 5.20. The van der Waals surface area contributed by atoms with Crippen molar-refractivity contribution in [1.82, 2.24) is 4.90 Å². The number of carbonyl (C=O) groups is 1. The van der Waals surface area contributed by atoms with Crippen molar-refractivity contribution in [3.8, 4) is 0 Å². The van der Waals surface area contributed by atoms with Crippen molar-refractivity contribution in [2.75, 3.05) is 0 Å². The van der Waals surface area contributed by atoms with Crippen LogP contribution in [0.25, 0.3) is 6.08 Å². The summed E-state index contributed by atoms with van der Waals surface area (Å²) < 4.78 is 11.5. The molecule has 0 saturated heterocycles. The van der Waals surface area contributed by atoms with Crippen LogP contribution in [0, 0.1) is 12.8 Å². The second kappa shape index (κ2) is 7.93. The molecule has 0 aliphatic heterocycles. The van der Waals surface area contributed by atoms with Crippen molar-refractivity contribution in [3.63, 3.8) is 0 Å². The number of aryl methyl sites for hydroxylation is 1. The number of amides is 1. The number of benzene rings is 1. The molecule has 2 atom stereocenters. The van der Waals surface area contributed by atoms with Gasteiger partial charge in [-0.2, -0.15) is 0 Å². The predicted octanol–water partition coefficient (Wildman–Crippen LogP) is 5.55. The molecular weight excluding hydrogens is 350 g/mol. The van der Waals surface area contributed by atoms with Crippen molar-refractivity contribution in [2.24, 2.45) is 5.92 Å². The molecule has 0 radical (unpaired) electrons. The minimum absolute atomic E-state index is 0.0743. The lowest BCUT2D eigenvalue weighted by molar-refractivity contribution is -0.127. The number of carbonyl (C=O) groups excluding carboxylic acids is 1. The molecule has 0 spiro atoms. The first-order valence-electron chi connectivity index (χ1n) is 9.73. The zero-order valence-corrected chi connectivity index (χ0v) is 16.3. The van der Waals surface area contributed by atoms with Crippen LogP contribution >= 0.6 is 0 Å². The fourth-order valence-corrected chi connectivity index (χ4v) is 3.34. The van der Waals surface area contributed by atoms with E-state index in [9.17, 15) is 4.79 Å². The summed E-state index contributed by atoms with van der Waals surface area (Å²) in [6.07, 6.45) is 6.26. The molecule has 1 saturated carbocycles. The van der Waals surface area contributed by atoms with Crippen LogP contribution < -0.4 is 0 Å². The van der Waals surface area contributed by atoms with Crippen LogP contribution in [0.1, 0.15) is 47.7 Å². The molecule has 0 N–H and O–H groups in total. The first-order chi connectivity index (χ1) is 13.6. The summed E-state index contributed by atoms with van der Waals surface area (Å²) >= 11 is 0. The molecule has 4 heteroatoms. The van der Waals surface area contributed by atoms with Gasteiger partial charge in [-0.25, -0.2) is 0 Å². The van der Waals surface area contributed by atoms with E-state index in [1.165, 1.54) is 12.0 Å². The molecule has 4 nitrogen and oxygen atoms in total. The van der Waals surface area contributed by atoms with Crippen molar-refractivity contribution < 1.29 is 13.6 Å². The topological polar surface area (TPSA) is 46.6 Å². The highest BCUT2D eigenvalue weighted by molar-refractivity contribution is 5.91. The third-order valence-corrected chi connectivity index (χ3v) is 5.24. The molecule has 0 bridgehead atoms. The Morgan fingerprint density at radius 3 is 2.54 bits per heavy atom. The average Bonchev–Trinajstić information content (AvgIpc) is 3.08. The van der Waals surface area contributed by atoms with Gasteiger partial charge in [0.05, 0.1) is 19.4 Å². The summed E-state index contributed by atoms with van der Waals surface area (Å²) in [4.78, 5) is 14.6. The summed E-state index contributed by atoms with van der Waals surface area (Å²) in [6, 6.07) is 15.8. The molecule has 1 aliphatic carbocycles. The van der Waals surface area contributed by atoms with Crippen LogP contribution in [-0.4, -0.2) is 10.8 Å². The van der Waals surface area contributed by atoms with Crippen molar-refractivity contribution >= 4 is 12.0 Å². The normalized spacial score (nSPS) is 18.5. The van der Waals surface area contributed by atoms with Crippen molar-refractivity contribution in [2.45, 2.75) is 39.3 Å². The first kappa shape index (κ1) is 18.4. The van der Waals surface area contributed by atoms with Gasteiger partial charge in [-0.3, -0.25) is 4.79 Å². The lowest BCUT2D eigenvalue weighted by atomic mass is 10.1. The Labute approximate surface area is 165 Å². The Balaban J connectivity index is 1.48. The molecule has 2 heterocycles. The Bertz CT molecular complexity index is 950. The number of nitrogens with zero attached hydrogens (tertiary/aromatic N) is 1. The van der Waals surface area contributed by atoms with Crippen LogP contribution in [0.4, 0.5) is 0 Å². The Morgan fingerprint density at radius 1 is 1.11 bits per heavy atom. The molecule has 2 unspecified atom stereocenters. The van der Waals surface area contributed by atoms with Gasteiger partial charge in [-0.1, -0.05) is 36.8 Å². The van der Waals surface area contributed by atoms with Gasteiger partial charge in [0.1, 0.15) is 17.3 Å². The molecule has 1 aromatic carbocycles. The quantitative estimate of drug-likeness (QED) is 0.509. The highest BCUT2D eigenvalue weighted by Crippen LogP contribution is 2.47. The van der Waals surface area contributed by atoms with Crippen molar-refractivity contribution in [3.05, 3.63) is 89.3 Å². The fraction of sp³-hybridized carbons (Fsp3) is 0.292. The van der Waals surface area contributed by atoms with Crippen LogP contribution in [-0.2, 0) is 17.9 Å². The molecule has 1 aliphatic rings. The molecule has 4 rings (SSSR count). The highest BCUT2D eigenvalue weighted by atomic mass is 16.3. The number of furan rings is 2. The molecule has 3 aromatic rings. The van der Waals surface area contributed by atoms with Gasteiger partial charge in [-0.15, -0.1) is 0 Å². The molecule has 144 valence electrons. The predicted molar refractivity (Wildman–Crippen MR) is 108 cm³/mol. The summed E-state index contributed by atoms with van der Waals surface area (Å²) in [6.45, 7) is 5.10. The van der Waals surface area contributed by atoms with Gasteiger partial charge in [0.2, 0.25) is 5.91 Å². The summed E-state index contributed by atoms with van der Waals surface area (Å²) in [5, 5.41) is 0. The maximum Gasteiger partial charge on any atom is 0.247 e. The van der Waals surface area contributed by atoms with E-state index in [0.29, 0.717) is 24.9 Å². The summed E-state index contributed by atoms with van der Waals surface area (Å²) in [5.74, 6) is 3.73. The lowest BCUT2D eigenvalue weighted by Gasteiger charge is -2.19. The molecule has 28 heavy (non-hydrogen) atoms. The van der Waals surface area contributed by atoms with Gasteiger partial charge in [0.25, 0.3) is 0 Å². The number of rotatable bonds is 7. The summed E-state index contributed by atoms with van der Waals surface area (Å²) in [5.41, 5.74) is 2.20. The van der Waals surface area contributed by atoms with Gasteiger partial charge in [0, 0.05) is 12.0 Å². The molecule has 1 fully saturated rings. The van der Waals surface area contributed by atoms with E-state index >= 15 is 0 Å².